The summed E-state index contributed by atoms with van der Waals surface area (Å²) in [4.78, 5) is 30.8. The largest absolute Gasteiger partial charge is 0.416 e. The van der Waals surface area contributed by atoms with Crippen LogP contribution in [0.15, 0.2) is 36.7 Å². The number of nitrogens with zero attached hydrogens (tertiary/aromatic N) is 2. The van der Waals surface area contributed by atoms with E-state index in [4.69, 9.17) is 5.73 Å². The summed E-state index contributed by atoms with van der Waals surface area (Å²) in [6.07, 6.45) is -2.20. The summed E-state index contributed by atoms with van der Waals surface area (Å²) in [5.74, 6) is -1.81. The smallest absolute Gasteiger partial charge is 0.364 e. The fourth-order valence-corrected chi connectivity index (χ4v) is 2.16. The van der Waals surface area contributed by atoms with Crippen LogP contribution in [0.2, 0.25) is 0 Å². The molecule has 0 radical (unpaired) electrons. The fraction of sp³-hybridized carbons (Fsp3) is 0.200. The van der Waals surface area contributed by atoms with E-state index in [2.05, 4.69) is 15.3 Å². The van der Waals surface area contributed by atoms with Gasteiger partial charge in [0.05, 0.1) is 11.6 Å². The number of nitrogens with two attached hydrogens (primary N) is 1. The molecule has 1 atom stereocenters. The van der Waals surface area contributed by atoms with Crippen LogP contribution >= 0.6 is 0 Å². The summed E-state index contributed by atoms with van der Waals surface area (Å²) in [5, 5.41) is 2.37. The van der Waals surface area contributed by atoms with E-state index in [0.717, 1.165) is 6.07 Å². The number of halogens is 3. The van der Waals surface area contributed by atoms with Gasteiger partial charge >= 0.3 is 6.18 Å². The van der Waals surface area contributed by atoms with E-state index in [1.165, 1.54) is 37.5 Å². The maximum atomic E-state index is 13.0. The third kappa shape index (κ3) is 3.67. The first-order chi connectivity index (χ1) is 11.2. The molecule has 3 N–H and O–H groups in total. The molecular weight excluding hydrogens is 325 g/mol. The fourth-order valence-electron chi connectivity index (χ4n) is 2.16. The molecule has 1 unspecified atom stereocenters. The van der Waals surface area contributed by atoms with Crippen LogP contribution in [0.3, 0.4) is 0 Å². The van der Waals surface area contributed by atoms with Crippen molar-refractivity contribution in [2.45, 2.75) is 19.1 Å². The molecule has 126 valence electrons. The molecule has 0 aliphatic rings. The molecule has 0 fully saturated rings. The molecule has 2 rings (SSSR count). The van der Waals surface area contributed by atoms with Gasteiger partial charge in [0.2, 0.25) is 0 Å². The lowest BCUT2D eigenvalue weighted by molar-refractivity contribution is -0.138. The first kappa shape index (κ1) is 17.4. The number of amides is 2. The van der Waals surface area contributed by atoms with Gasteiger partial charge in [0, 0.05) is 12.4 Å². The van der Waals surface area contributed by atoms with Gasteiger partial charge in [0.25, 0.3) is 11.8 Å². The van der Waals surface area contributed by atoms with E-state index < -0.39 is 29.6 Å². The molecule has 0 bridgehead atoms. The van der Waals surface area contributed by atoms with E-state index >= 15 is 0 Å². The molecule has 1 heterocycles. The highest BCUT2D eigenvalue weighted by atomic mass is 19.4. The molecule has 2 aromatic rings. The maximum absolute atomic E-state index is 13.0. The van der Waals surface area contributed by atoms with Crippen molar-refractivity contribution < 1.29 is 22.8 Å². The standard InChI is InChI=1S/C15H13F3N4O2/c1-8(9-4-2-3-5-10(9)15(16,17)18)22-14(24)12-11(13(19)23)20-6-7-21-12/h2-8H,1H3,(H2,19,23)(H,22,24). The van der Waals surface area contributed by atoms with Gasteiger partial charge in [-0.3, -0.25) is 9.59 Å². The lowest BCUT2D eigenvalue weighted by Crippen LogP contribution is -2.31. The molecule has 0 saturated heterocycles. The molecule has 1 aromatic heterocycles. The Kier molecular flexibility index (Phi) is 4.82. The Morgan fingerprint density at radius 2 is 1.71 bits per heavy atom. The van der Waals surface area contributed by atoms with Crippen molar-refractivity contribution in [3.63, 3.8) is 0 Å². The average Bonchev–Trinajstić information content (AvgIpc) is 2.53. The number of carbonyl (C=O) groups is 2. The average molecular weight is 338 g/mol. The van der Waals surface area contributed by atoms with Crippen LogP contribution in [-0.4, -0.2) is 21.8 Å². The minimum Gasteiger partial charge on any atom is -0.364 e. The Labute approximate surface area is 134 Å². The van der Waals surface area contributed by atoms with Crippen molar-refractivity contribution in [2.24, 2.45) is 5.73 Å². The Morgan fingerprint density at radius 3 is 2.29 bits per heavy atom. The maximum Gasteiger partial charge on any atom is 0.416 e. The highest BCUT2D eigenvalue weighted by Gasteiger charge is 2.34. The third-order valence-corrected chi connectivity index (χ3v) is 3.23. The number of hydrogen-bond acceptors (Lipinski definition) is 4. The number of nitrogens with one attached hydrogen (secondary N) is 1. The summed E-state index contributed by atoms with van der Waals surface area (Å²) in [7, 11) is 0. The predicted molar refractivity (Wildman–Crippen MR) is 77.9 cm³/mol. The molecule has 0 saturated carbocycles. The van der Waals surface area contributed by atoms with E-state index in [1.54, 1.807) is 0 Å². The van der Waals surface area contributed by atoms with Gasteiger partial charge in [0.1, 0.15) is 0 Å². The molecular formula is C15H13F3N4O2. The molecule has 24 heavy (non-hydrogen) atoms. The number of carbonyl (C=O) groups excluding carboxylic acids is 2. The Hall–Kier alpha value is -2.97. The monoisotopic (exact) mass is 338 g/mol. The molecule has 0 spiro atoms. The zero-order valence-corrected chi connectivity index (χ0v) is 12.5. The number of aromatic nitrogens is 2. The quantitative estimate of drug-likeness (QED) is 0.892. The summed E-state index contributed by atoms with van der Waals surface area (Å²) >= 11 is 0. The van der Waals surface area contributed by atoms with Crippen molar-refractivity contribution in [1.29, 1.82) is 0 Å². The molecule has 1 aromatic carbocycles. The Morgan fingerprint density at radius 1 is 1.12 bits per heavy atom. The van der Waals surface area contributed by atoms with Gasteiger partial charge in [0.15, 0.2) is 11.4 Å². The molecule has 2 amide bonds. The van der Waals surface area contributed by atoms with Crippen molar-refractivity contribution in [3.05, 3.63) is 59.2 Å². The number of benzene rings is 1. The SMILES string of the molecule is CC(NC(=O)c1nccnc1C(N)=O)c1ccccc1C(F)(F)F. The van der Waals surface area contributed by atoms with Gasteiger partial charge in [-0.05, 0) is 18.6 Å². The minimum absolute atomic E-state index is 0.108. The molecule has 0 aliphatic carbocycles. The van der Waals surface area contributed by atoms with Crippen LogP contribution in [-0.2, 0) is 6.18 Å². The number of alkyl halides is 3. The van der Waals surface area contributed by atoms with Gasteiger partial charge in [-0.25, -0.2) is 9.97 Å². The van der Waals surface area contributed by atoms with Crippen LogP contribution in [0.4, 0.5) is 13.2 Å². The first-order valence-electron chi connectivity index (χ1n) is 6.79. The third-order valence-electron chi connectivity index (χ3n) is 3.23. The van der Waals surface area contributed by atoms with Crippen molar-refractivity contribution in [3.8, 4) is 0 Å². The van der Waals surface area contributed by atoms with Crippen molar-refractivity contribution in [1.82, 2.24) is 15.3 Å². The Balaban J connectivity index is 2.30. The van der Waals surface area contributed by atoms with Crippen LogP contribution in [0, 0.1) is 0 Å². The second-order valence-corrected chi connectivity index (χ2v) is 4.90. The zero-order valence-electron chi connectivity index (χ0n) is 12.5. The van der Waals surface area contributed by atoms with E-state index in [9.17, 15) is 22.8 Å². The topological polar surface area (TPSA) is 98.0 Å². The normalized spacial score (nSPS) is 12.5. The van der Waals surface area contributed by atoms with Crippen molar-refractivity contribution >= 4 is 11.8 Å². The van der Waals surface area contributed by atoms with E-state index in [1.807, 2.05) is 0 Å². The van der Waals surface area contributed by atoms with Gasteiger partial charge < -0.3 is 11.1 Å². The highest BCUT2D eigenvalue weighted by Crippen LogP contribution is 2.34. The number of hydrogen-bond donors (Lipinski definition) is 2. The summed E-state index contributed by atoms with van der Waals surface area (Å²) < 4.78 is 39.1. The summed E-state index contributed by atoms with van der Waals surface area (Å²) in [6, 6.07) is 3.91. The highest BCUT2D eigenvalue weighted by molar-refractivity contribution is 6.04. The number of rotatable bonds is 4. The molecule has 0 aliphatic heterocycles. The first-order valence-corrected chi connectivity index (χ1v) is 6.79. The molecule has 9 heteroatoms. The number of primary amides is 1. The van der Waals surface area contributed by atoms with E-state index in [-0.39, 0.29) is 17.0 Å². The Bertz CT molecular complexity index is 777. The summed E-state index contributed by atoms with van der Waals surface area (Å²) in [5.41, 5.74) is 3.44. The van der Waals surface area contributed by atoms with Gasteiger partial charge in [-0.2, -0.15) is 13.2 Å². The minimum atomic E-state index is -4.56. The lowest BCUT2D eigenvalue weighted by atomic mass is 10.0. The summed E-state index contributed by atoms with van der Waals surface area (Å²) in [6.45, 7) is 1.39. The van der Waals surface area contributed by atoms with Crippen LogP contribution in [0.1, 0.15) is 45.1 Å². The molecule has 6 nitrogen and oxygen atoms in total. The van der Waals surface area contributed by atoms with Gasteiger partial charge in [-0.15, -0.1) is 0 Å². The van der Waals surface area contributed by atoms with Crippen LogP contribution < -0.4 is 11.1 Å². The predicted octanol–water partition coefficient (Wildman–Crippen LogP) is 2.09. The van der Waals surface area contributed by atoms with E-state index in [0.29, 0.717) is 0 Å². The van der Waals surface area contributed by atoms with Gasteiger partial charge in [-0.1, -0.05) is 18.2 Å². The second kappa shape index (κ2) is 6.65. The lowest BCUT2D eigenvalue weighted by Gasteiger charge is -2.19. The zero-order chi connectivity index (χ0) is 17.9. The van der Waals surface area contributed by atoms with Crippen LogP contribution in [0.5, 0.6) is 0 Å². The van der Waals surface area contributed by atoms with Crippen molar-refractivity contribution in [2.75, 3.05) is 0 Å². The second-order valence-electron chi connectivity index (χ2n) is 4.90. The van der Waals surface area contributed by atoms with Crippen LogP contribution in [0.25, 0.3) is 0 Å².